The van der Waals surface area contributed by atoms with Gasteiger partial charge in [-0.1, -0.05) is 12.8 Å². The van der Waals surface area contributed by atoms with Crippen LogP contribution in [0.1, 0.15) is 38.5 Å². The van der Waals surface area contributed by atoms with Crippen LogP contribution in [-0.2, 0) is 4.79 Å². The van der Waals surface area contributed by atoms with Gasteiger partial charge in [0.25, 0.3) is 0 Å². The fraction of sp³-hybridized carbons (Fsp3) is 0.909. The molecule has 1 fully saturated rings. The van der Waals surface area contributed by atoms with Gasteiger partial charge in [-0.05, 0) is 38.6 Å². The molecule has 0 spiro atoms. The first-order chi connectivity index (χ1) is 7.15. The van der Waals surface area contributed by atoms with E-state index in [2.05, 4.69) is 5.32 Å². The zero-order valence-corrected chi connectivity index (χ0v) is 9.28. The lowest BCUT2D eigenvalue weighted by Crippen LogP contribution is -2.36. The van der Waals surface area contributed by atoms with Crippen LogP contribution in [0.3, 0.4) is 0 Å². The van der Waals surface area contributed by atoms with Crippen LogP contribution >= 0.6 is 0 Å². The quantitative estimate of drug-likeness (QED) is 0.639. The molecule has 0 saturated heterocycles. The van der Waals surface area contributed by atoms with Gasteiger partial charge < -0.3 is 15.5 Å². The number of carboxylic acids is 1. The van der Waals surface area contributed by atoms with Crippen LogP contribution in [0.25, 0.3) is 0 Å². The van der Waals surface area contributed by atoms with Gasteiger partial charge in [-0.25, -0.2) is 4.79 Å². The lowest BCUT2D eigenvalue weighted by molar-refractivity contribution is -0.147. The standard InChI is InChI=1S/C11H21NO3/c1-12-9-5-3-2-4-8(9)6-7-10(13)11(14)15/h8-10,12-13H,2-7H2,1H3,(H,14,15). The van der Waals surface area contributed by atoms with Crippen molar-refractivity contribution in [1.82, 2.24) is 5.32 Å². The number of aliphatic hydroxyl groups is 1. The molecule has 4 heteroatoms. The molecule has 0 bridgehead atoms. The minimum atomic E-state index is -1.19. The molecular formula is C11H21NO3. The number of hydrogen-bond donors (Lipinski definition) is 3. The normalized spacial score (nSPS) is 28.7. The maximum Gasteiger partial charge on any atom is 0.332 e. The van der Waals surface area contributed by atoms with Crippen LogP contribution in [0.4, 0.5) is 0 Å². The Labute approximate surface area is 90.7 Å². The highest BCUT2D eigenvalue weighted by molar-refractivity contribution is 5.71. The molecule has 1 rings (SSSR count). The second-order valence-electron chi connectivity index (χ2n) is 4.37. The summed E-state index contributed by atoms with van der Waals surface area (Å²) in [4.78, 5) is 10.5. The highest BCUT2D eigenvalue weighted by atomic mass is 16.4. The molecular weight excluding hydrogens is 194 g/mol. The first kappa shape index (κ1) is 12.5. The molecule has 0 aromatic heterocycles. The van der Waals surface area contributed by atoms with E-state index < -0.39 is 12.1 Å². The van der Waals surface area contributed by atoms with E-state index in [1.165, 1.54) is 19.3 Å². The Balaban J connectivity index is 2.32. The zero-order chi connectivity index (χ0) is 11.3. The SMILES string of the molecule is CNC1CCCCC1CCC(O)C(=O)O. The summed E-state index contributed by atoms with van der Waals surface area (Å²) in [5.41, 5.74) is 0. The molecule has 0 aromatic rings. The average Bonchev–Trinajstić information content (AvgIpc) is 2.26. The number of carboxylic acid groups (broad SMARTS) is 1. The molecule has 0 amide bonds. The van der Waals surface area contributed by atoms with E-state index in [1.54, 1.807) is 0 Å². The van der Waals surface area contributed by atoms with Crippen molar-refractivity contribution < 1.29 is 15.0 Å². The van der Waals surface area contributed by atoms with Crippen LogP contribution < -0.4 is 5.32 Å². The molecule has 15 heavy (non-hydrogen) atoms. The van der Waals surface area contributed by atoms with Gasteiger partial charge in [0, 0.05) is 6.04 Å². The Morgan fingerprint density at radius 1 is 1.47 bits per heavy atom. The summed E-state index contributed by atoms with van der Waals surface area (Å²) in [7, 11) is 1.95. The van der Waals surface area contributed by atoms with Crippen molar-refractivity contribution in [3.63, 3.8) is 0 Å². The summed E-state index contributed by atoms with van der Waals surface area (Å²) in [5.74, 6) is -0.579. The lowest BCUT2D eigenvalue weighted by atomic mass is 9.81. The van der Waals surface area contributed by atoms with Gasteiger partial charge in [0.2, 0.25) is 0 Å². The average molecular weight is 215 g/mol. The zero-order valence-electron chi connectivity index (χ0n) is 9.28. The first-order valence-corrected chi connectivity index (χ1v) is 5.73. The van der Waals surface area contributed by atoms with Crippen molar-refractivity contribution >= 4 is 5.97 Å². The largest absolute Gasteiger partial charge is 0.479 e. The Bertz CT molecular complexity index is 208. The summed E-state index contributed by atoms with van der Waals surface area (Å²) in [6, 6.07) is 0.500. The van der Waals surface area contributed by atoms with Crippen LogP contribution in [0.15, 0.2) is 0 Å². The smallest absolute Gasteiger partial charge is 0.332 e. The summed E-state index contributed by atoms with van der Waals surface area (Å²) in [6.45, 7) is 0. The summed E-state index contributed by atoms with van der Waals surface area (Å²) in [5, 5.41) is 21.0. The maximum absolute atomic E-state index is 10.5. The Morgan fingerprint density at radius 3 is 2.73 bits per heavy atom. The number of aliphatic carboxylic acids is 1. The molecule has 1 saturated carbocycles. The third kappa shape index (κ3) is 3.80. The summed E-state index contributed by atoms with van der Waals surface area (Å²) < 4.78 is 0. The minimum absolute atomic E-state index is 0.373. The van der Waals surface area contributed by atoms with Gasteiger partial charge in [-0.15, -0.1) is 0 Å². The third-order valence-corrected chi connectivity index (χ3v) is 3.38. The molecule has 3 unspecified atom stereocenters. The van der Waals surface area contributed by atoms with Gasteiger partial charge in [0.05, 0.1) is 0 Å². The van der Waals surface area contributed by atoms with E-state index in [0.29, 0.717) is 18.4 Å². The molecule has 3 atom stereocenters. The van der Waals surface area contributed by atoms with Crippen molar-refractivity contribution in [2.75, 3.05) is 7.05 Å². The Morgan fingerprint density at radius 2 is 2.13 bits per heavy atom. The number of rotatable bonds is 5. The molecule has 3 N–H and O–H groups in total. The second kappa shape index (κ2) is 6.08. The lowest BCUT2D eigenvalue weighted by Gasteiger charge is -2.31. The number of nitrogens with one attached hydrogen (secondary N) is 1. The third-order valence-electron chi connectivity index (χ3n) is 3.38. The van der Waals surface area contributed by atoms with E-state index in [4.69, 9.17) is 5.11 Å². The Kier molecular flexibility index (Phi) is 5.05. The monoisotopic (exact) mass is 215 g/mol. The maximum atomic E-state index is 10.5. The van der Waals surface area contributed by atoms with E-state index in [0.717, 1.165) is 12.8 Å². The number of carbonyl (C=O) groups is 1. The molecule has 0 aromatic carbocycles. The summed E-state index contributed by atoms with van der Waals surface area (Å²) in [6.07, 6.45) is 4.79. The minimum Gasteiger partial charge on any atom is -0.479 e. The Hall–Kier alpha value is -0.610. The van der Waals surface area contributed by atoms with E-state index in [-0.39, 0.29) is 0 Å². The highest BCUT2D eigenvalue weighted by Gasteiger charge is 2.25. The topological polar surface area (TPSA) is 69.6 Å². The highest BCUT2D eigenvalue weighted by Crippen LogP contribution is 2.28. The van der Waals surface area contributed by atoms with Crippen LogP contribution in [-0.4, -0.2) is 35.4 Å². The fourth-order valence-electron chi connectivity index (χ4n) is 2.43. The van der Waals surface area contributed by atoms with Crippen molar-refractivity contribution in [3.8, 4) is 0 Å². The molecule has 1 aliphatic carbocycles. The van der Waals surface area contributed by atoms with E-state index in [9.17, 15) is 9.90 Å². The van der Waals surface area contributed by atoms with Gasteiger partial charge in [-0.2, -0.15) is 0 Å². The van der Waals surface area contributed by atoms with Crippen molar-refractivity contribution in [1.29, 1.82) is 0 Å². The molecule has 0 radical (unpaired) electrons. The predicted molar refractivity (Wildman–Crippen MR) is 57.7 cm³/mol. The predicted octanol–water partition coefficient (Wildman–Crippen LogP) is 0.990. The van der Waals surface area contributed by atoms with Crippen molar-refractivity contribution in [2.24, 2.45) is 5.92 Å². The molecule has 0 heterocycles. The molecule has 1 aliphatic rings. The first-order valence-electron chi connectivity index (χ1n) is 5.73. The molecule has 0 aliphatic heterocycles. The van der Waals surface area contributed by atoms with Crippen molar-refractivity contribution in [3.05, 3.63) is 0 Å². The van der Waals surface area contributed by atoms with Gasteiger partial charge in [0.15, 0.2) is 6.10 Å². The van der Waals surface area contributed by atoms with Gasteiger partial charge in [-0.3, -0.25) is 0 Å². The number of aliphatic hydroxyl groups excluding tert-OH is 1. The van der Waals surface area contributed by atoms with E-state index >= 15 is 0 Å². The second-order valence-corrected chi connectivity index (χ2v) is 4.37. The summed E-state index contributed by atoms with van der Waals surface area (Å²) >= 11 is 0. The fourth-order valence-corrected chi connectivity index (χ4v) is 2.43. The van der Waals surface area contributed by atoms with Crippen LogP contribution in [0.5, 0.6) is 0 Å². The van der Waals surface area contributed by atoms with E-state index in [1.807, 2.05) is 7.05 Å². The van der Waals surface area contributed by atoms with Gasteiger partial charge in [0.1, 0.15) is 0 Å². The van der Waals surface area contributed by atoms with Gasteiger partial charge >= 0.3 is 5.97 Å². The molecule has 88 valence electrons. The van der Waals surface area contributed by atoms with Crippen LogP contribution in [0.2, 0.25) is 0 Å². The van der Waals surface area contributed by atoms with Crippen LogP contribution in [0, 0.1) is 5.92 Å². The van der Waals surface area contributed by atoms with Crippen molar-refractivity contribution in [2.45, 2.75) is 50.7 Å². The molecule has 4 nitrogen and oxygen atoms in total. The number of hydrogen-bond acceptors (Lipinski definition) is 3.